The van der Waals surface area contributed by atoms with Crippen molar-refractivity contribution in [3.8, 4) is 0 Å². The van der Waals surface area contributed by atoms with Gasteiger partial charge in [-0.15, -0.1) is 5.10 Å². The van der Waals surface area contributed by atoms with Gasteiger partial charge < -0.3 is 9.88 Å². The topological polar surface area (TPSA) is 79.7 Å². The molecule has 36 heavy (non-hydrogen) atoms. The minimum absolute atomic E-state index is 0.112. The summed E-state index contributed by atoms with van der Waals surface area (Å²) < 4.78 is 1.82. The van der Waals surface area contributed by atoms with Crippen LogP contribution in [-0.4, -0.2) is 31.7 Å². The van der Waals surface area contributed by atoms with E-state index < -0.39 is 6.04 Å². The number of anilines is 1. The van der Waals surface area contributed by atoms with Crippen molar-refractivity contribution in [1.82, 2.24) is 25.2 Å². The first kappa shape index (κ1) is 22.2. The van der Waals surface area contributed by atoms with Gasteiger partial charge in [-0.05, 0) is 71.5 Å². The molecule has 0 bridgehead atoms. The van der Waals surface area contributed by atoms with Gasteiger partial charge in [0.05, 0.1) is 12.1 Å². The van der Waals surface area contributed by atoms with Crippen molar-refractivity contribution in [3.05, 3.63) is 117 Å². The summed E-state index contributed by atoms with van der Waals surface area (Å²) in [5, 5.41) is 14.0. The Labute approximate surface area is 209 Å². The predicted molar refractivity (Wildman–Crippen MR) is 141 cm³/mol. The van der Waals surface area contributed by atoms with Crippen LogP contribution in [0.4, 0.5) is 5.69 Å². The van der Waals surface area contributed by atoms with Gasteiger partial charge in [-0.1, -0.05) is 60.7 Å². The van der Waals surface area contributed by atoms with E-state index in [4.69, 9.17) is 0 Å². The number of H-pyrrole nitrogens is 1. The Morgan fingerprint density at radius 2 is 1.75 bits per heavy atom. The number of aromatic nitrogens is 5. The van der Waals surface area contributed by atoms with Crippen molar-refractivity contribution in [2.24, 2.45) is 0 Å². The van der Waals surface area contributed by atoms with Crippen molar-refractivity contribution in [1.29, 1.82) is 0 Å². The Hall–Kier alpha value is -4.26. The standard InChI is InChI=1S/C29H28N6O/c1-19-14-15-20(2)26-23(19)17-24(29(36)30-26)27(34-16-8-12-22-11-6-7-13-25(22)34)28-31-32-33-35(28)18-21-9-4-3-5-10-21/h3-7,9-11,13-15,17,27H,8,12,16,18H2,1-2H3,(H,30,36)/t27-/m0/s1. The molecule has 0 saturated heterocycles. The van der Waals surface area contributed by atoms with Gasteiger partial charge in [0.2, 0.25) is 0 Å². The van der Waals surface area contributed by atoms with E-state index in [-0.39, 0.29) is 5.56 Å². The molecule has 0 unspecified atom stereocenters. The molecule has 5 aromatic rings. The summed E-state index contributed by atoms with van der Waals surface area (Å²) in [6.07, 6.45) is 2.01. The molecule has 7 nitrogen and oxygen atoms in total. The first-order valence-corrected chi connectivity index (χ1v) is 12.4. The molecule has 6 rings (SSSR count). The number of para-hydroxylation sites is 1. The number of nitrogens with zero attached hydrogens (tertiary/aromatic N) is 5. The highest BCUT2D eigenvalue weighted by Crippen LogP contribution is 2.37. The van der Waals surface area contributed by atoms with Gasteiger partial charge >= 0.3 is 0 Å². The second kappa shape index (κ2) is 9.07. The van der Waals surface area contributed by atoms with Crippen molar-refractivity contribution in [2.45, 2.75) is 39.3 Å². The van der Waals surface area contributed by atoms with E-state index in [2.05, 4.69) is 74.8 Å². The Balaban J connectivity index is 1.57. The fraction of sp³-hybridized carbons (Fsp3) is 0.241. The number of hydrogen-bond acceptors (Lipinski definition) is 5. The molecule has 2 aromatic heterocycles. The highest BCUT2D eigenvalue weighted by atomic mass is 16.1. The lowest BCUT2D eigenvalue weighted by molar-refractivity contribution is 0.555. The zero-order valence-electron chi connectivity index (χ0n) is 20.5. The molecule has 180 valence electrons. The molecular formula is C29H28N6O. The van der Waals surface area contributed by atoms with Crippen LogP contribution in [0.2, 0.25) is 0 Å². The predicted octanol–water partition coefficient (Wildman–Crippen LogP) is 4.72. The van der Waals surface area contributed by atoms with Crippen molar-refractivity contribution >= 4 is 16.6 Å². The molecular weight excluding hydrogens is 448 g/mol. The molecule has 0 fully saturated rings. The molecule has 1 aliphatic heterocycles. The third kappa shape index (κ3) is 3.86. The van der Waals surface area contributed by atoms with Crippen LogP contribution in [-0.2, 0) is 13.0 Å². The zero-order valence-corrected chi connectivity index (χ0v) is 20.5. The highest BCUT2D eigenvalue weighted by molar-refractivity contribution is 5.85. The van der Waals surface area contributed by atoms with Crippen LogP contribution in [0, 0.1) is 13.8 Å². The van der Waals surface area contributed by atoms with E-state index in [9.17, 15) is 4.79 Å². The molecule has 3 aromatic carbocycles. The molecule has 0 spiro atoms. The number of tetrazole rings is 1. The number of aromatic amines is 1. The summed E-state index contributed by atoms with van der Waals surface area (Å²) >= 11 is 0. The van der Waals surface area contributed by atoms with Crippen LogP contribution < -0.4 is 10.5 Å². The van der Waals surface area contributed by atoms with Crippen LogP contribution >= 0.6 is 0 Å². The van der Waals surface area contributed by atoms with E-state index in [0.29, 0.717) is 17.9 Å². The number of hydrogen-bond donors (Lipinski definition) is 1. The molecule has 0 radical (unpaired) electrons. The van der Waals surface area contributed by atoms with Crippen LogP contribution in [0.3, 0.4) is 0 Å². The first-order valence-electron chi connectivity index (χ1n) is 12.4. The maximum atomic E-state index is 13.7. The zero-order chi connectivity index (χ0) is 24.6. The first-order chi connectivity index (χ1) is 17.6. The Morgan fingerprint density at radius 1 is 0.972 bits per heavy atom. The van der Waals surface area contributed by atoms with E-state index in [1.54, 1.807) is 0 Å². The maximum Gasteiger partial charge on any atom is 0.254 e. The van der Waals surface area contributed by atoms with Gasteiger partial charge in [-0.3, -0.25) is 4.79 Å². The maximum absolute atomic E-state index is 13.7. The molecule has 1 atom stereocenters. The van der Waals surface area contributed by atoms with Crippen molar-refractivity contribution in [2.75, 3.05) is 11.4 Å². The second-order valence-electron chi connectivity index (χ2n) is 9.55. The SMILES string of the molecule is Cc1ccc(C)c2[nH]c(=O)c([C@@H](c3nnnn3Cc3ccccc3)N3CCCc4ccccc43)cc12. The Kier molecular flexibility index (Phi) is 5.60. The molecule has 1 N–H and O–H groups in total. The van der Waals surface area contributed by atoms with E-state index in [1.165, 1.54) is 5.56 Å². The third-order valence-corrected chi connectivity index (χ3v) is 7.20. The van der Waals surface area contributed by atoms with Crippen molar-refractivity contribution in [3.63, 3.8) is 0 Å². The lowest BCUT2D eigenvalue weighted by atomic mass is 9.95. The van der Waals surface area contributed by atoms with Gasteiger partial charge in [-0.2, -0.15) is 0 Å². The van der Waals surface area contributed by atoms with Gasteiger partial charge in [0, 0.05) is 23.2 Å². The van der Waals surface area contributed by atoms with Gasteiger partial charge in [0.1, 0.15) is 6.04 Å². The molecule has 7 heteroatoms. The summed E-state index contributed by atoms with van der Waals surface area (Å²) in [6, 6.07) is 24.3. The lowest BCUT2D eigenvalue weighted by Crippen LogP contribution is -2.38. The summed E-state index contributed by atoms with van der Waals surface area (Å²) in [6.45, 7) is 5.44. The van der Waals surface area contributed by atoms with Gasteiger partial charge in [0.15, 0.2) is 5.82 Å². The minimum Gasteiger partial charge on any atom is -0.357 e. The van der Waals surface area contributed by atoms with E-state index in [0.717, 1.165) is 52.7 Å². The third-order valence-electron chi connectivity index (χ3n) is 7.20. The minimum atomic E-state index is -0.432. The normalized spacial score (nSPS) is 14.1. The van der Waals surface area contributed by atoms with E-state index >= 15 is 0 Å². The van der Waals surface area contributed by atoms with E-state index in [1.807, 2.05) is 41.9 Å². The lowest BCUT2D eigenvalue weighted by Gasteiger charge is -2.37. The number of benzene rings is 3. The molecule has 0 aliphatic carbocycles. The fourth-order valence-electron chi connectivity index (χ4n) is 5.35. The molecule has 3 heterocycles. The monoisotopic (exact) mass is 476 g/mol. The average molecular weight is 477 g/mol. The second-order valence-corrected chi connectivity index (χ2v) is 9.55. The van der Waals surface area contributed by atoms with Gasteiger partial charge in [-0.25, -0.2) is 4.68 Å². The van der Waals surface area contributed by atoms with Crippen LogP contribution in [0.1, 0.15) is 46.1 Å². The summed E-state index contributed by atoms with van der Waals surface area (Å²) in [5.74, 6) is 0.658. The average Bonchev–Trinajstić information content (AvgIpc) is 3.35. The summed E-state index contributed by atoms with van der Waals surface area (Å²) in [5.41, 5.74) is 7.09. The largest absolute Gasteiger partial charge is 0.357 e. The quantitative estimate of drug-likeness (QED) is 0.397. The number of fused-ring (bicyclic) bond motifs is 2. The smallest absolute Gasteiger partial charge is 0.254 e. The van der Waals surface area contributed by atoms with Crippen molar-refractivity contribution < 1.29 is 0 Å². The molecule has 1 aliphatic rings. The number of pyridine rings is 1. The van der Waals surface area contributed by atoms with Gasteiger partial charge in [0.25, 0.3) is 5.56 Å². The summed E-state index contributed by atoms with van der Waals surface area (Å²) in [4.78, 5) is 19.2. The summed E-state index contributed by atoms with van der Waals surface area (Å²) in [7, 11) is 0. The number of rotatable bonds is 5. The Morgan fingerprint density at radius 3 is 2.61 bits per heavy atom. The molecule has 0 saturated carbocycles. The number of nitrogens with one attached hydrogen (secondary N) is 1. The van der Waals surface area contributed by atoms with Crippen LogP contribution in [0.5, 0.6) is 0 Å². The number of aryl methyl sites for hydroxylation is 3. The Bertz CT molecular complexity index is 1600. The highest BCUT2D eigenvalue weighted by Gasteiger charge is 2.33. The molecule has 0 amide bonds. The fourth-order valence-corrected chi connectivity index (χ4v) is 5.35. The van der Waals surface area contributed by atoms with Crippen LogP contribution in [0.15, 0.2) is 77.6 Å². The van der Waals surface area contributed by atoms with Crippen LogP contribution in [0.25, 0.3) is 10.9 Å².